The Morgan fingerprint density at radius 2 is 2.00 bits per heavy atom. The van der Waals surface area contributed by atoms with Crippen molar-refractivity contribution in [1.29, 1.82) is 0 Å². The second-order valence-corrected chi connectivity index (χ2v) is 8.95. The van der Waals surface area contributed by atoms with Gasteiger partial charge >= 0.3 is 0 Å². The van der Waals surface area contributed by atoms with Crippen molar-refractivity contribution in [2.45, 2.75) is 43.7 Å². The molecule has 11 heteroatoms. The third kappa shape index (κ3) is 4.50. The minimum Gasteiger partial charge on any atom is -0.375 e. The normalized spacial score (nSPS) is 15.8. The number of sulfonamides is 1. The number of nitro benzene ring substituents is 1. The largest absolute Gasteiger partial charge is 0.375 e. The fourth-order valence-corrected chi connectivity index (χ4v) is 4.60. The topological polar surface area (TPSA) is 132 Å². The number of hydrogen-bond donors (Lipinski definition) is 2. The van der Waals surface area contributed by atoms with Crippen LogP contribution in [0.25, 0.3) is 0 Å². The van der Waals surface area contributed by atoms with E-state index in [-0.39, 0.29) is 22.3 Å². The minimum absolute atomic E-state index is 0.0810. The number of nitro groups is 1. The highest BCUT2D eigenvalue weighted by molar-refractivity contribution is 7.92. The lowest BCUT2D eigenvalue weighted by molar-refractivity contribution is -0.384. The van der Waals surface area contributed by atoms with Gasteiger partial charge in [-0.1, -0.05) is 25.1 Å². The Morgan fingerprint density at radius 1 is 1.23 bits per heavy atom. The van der Waals surface area contributed by atoms with E-state index < -0.39 is 14.9 Å². The van der Waals surface area contributed by atoms with Gasteiger partial charge in [-0.05, 0) is 30.7 Å². The first-order valence-corrected chi connectivity index (χ1v) is 11.4. The summed E-state index contributed by atoms with van der Waals surface area (Å²) < 4.78 is 29.6. The quantitative estimate of drug-likeness (QED) is 0.425. The Kier molecular flexibility index (Phi) is 5.59. The summed E-state index contributed by atoms with van der Waals surface area (Å²) in [6.45, 7) is 2.53. The molecule has 1 aliphatic heterocycles. The average Bonchev–Trinajstić information content (AvgIpc) is 3.16. The third-order valence-electron chi connectivity index (χ3n) is 5.08. The Morgan fingerprint density at radius 3 is 2.71 bits per heavy atom. The van der Waals surface area contributed by atoms with Crippen LogP contribution < -0.4 is 10.0 Å². The molecular formula is C20H22N6O4S. The number of aromatic nitrogens is 3. The van der Waals surface area contributed by atoms with Gasteiger partial charge in [0.2, 0.25) is 0 Å². The number of fused-ring (bicyclic) bond motifs is 1. The van der Waals surface area contributed by atoms with Gasteiger partial charge in [0.05, 0.1) is 16.4 Å². The molecule has 0 aliphatic carbocycles. The highest BCUT2D eigenvalue weighted by Gasteiger charge is 2.26. The third-order valence-corrected chi connectivity index (χ3v) is 6.46. The van der Waals surface area contributed by atoms with E-state index in [1.807, 2.05) is 11.6 Å². The second kappa shape index (κ2) is 8.34. The zero-order valence-electron chi connectivity index (χ0n) is 16.9. The first-order chi connectivity index (χ1) is 14.9. The highest BCUT2D eigenvalue weighted by Crippen LogP contribution is 2.30. The van der Waals surface area contributed by atoms with E-state index in [0.29, 0.717) is 18.7 Å². The van der Waals surface area contributed by atoms with Gasteiger partial charge in [-0.2, -0.15) is 5.10 Å². The molecule has 31 heavy (non-hydrogen) atoms. The summed E-state index contributed by atoms with van der Waals surface area (Å²) in [4.78, 5) is 15.4. The van der Waals surface area contributed by atoms with Crippen LogP contribution in [-0.2, 0) is 29.4 Å². The molecule has 4 rings (SSSR count). The van der Waals surface area contributed by atoms with Crippen LogP contribution in [0.2, 0.25) is 0 Å². The van der Waals surface area contributed by atoms with Gasteiger partial charge in [0.1, 0.15) is 11.5 Å². The molecule has 1 unspecified atom stereocenters. The van der Waals surface area contributed by atoms with Crippen LogP contribution >= 0.6 is 0 Å². The van der Waals surface area contributed by atoms with Crippen molar-refractivity contribution in [2.24, 2.45) is 0 Å². The Balaban J connectivity index is 1.56. The van der Waals surface area contributed by atoms with Crippen LogP contribution in [0.15, 0.2) is 53.4 Å². The van der Waals surface area contributed by atoms with Gasteiger partial charge in [-0.15, -0.1) is 0 Å². The first kappa shape index (κ1) is 20.8. The number of hydrogen-bond acceptors (Lipinski definition) is 7. The van der Waals surface area contributed by atoms with Gasteiger partial charge in [-0.3, -0.25) is 14.8 Å². The van der Waals surface area contributed by atoms with Crippen molar-refractivity contribution in [3.8, 4) is 0 Å². The Labute approximate surface area is 179 Å². The second-order valence-electron chi connectivity index (χ2n) is 7.27. The van der Waals surface area contributed by atoms with Crippen LogP contribution in [-0.4, -0.2) is 34.1 Å². The van der Waals surface area contributed by atoms with E-state index in [0.717, 1.165) is 30.6 Å². The van der Waals surface area contributed by atoms with Gasteiger partial charge < -0.3 is 5.32 Å². The van der Waals surface area contributed by atoms with E-state index >= 15 is 0 Å². The summed E-state index contributed by atoms with van der Waals surface area (Å²) in [6, 6.07) is 12.2. The molecule has 0 fully saturated rings. The van der Waals surface area contributed by atoms with E-state index in [4.69, 9.17) is 0 Å². The van der Waals surface area contributed by atoms with Crippen LogP contribution in [0.1, 0.15) is 25.0 Å². The van der Waals surface area contributed by atoms with Crippen LogP contribution in [0.5, 0.6) is 0 Å². The monoisotopic (exact) mass is 442 g/mol. The predicted octanol–water partition coefficient (Wildman–Crippen LogP) is 2.98. The van der Waals surface area contributed by atoms with E-state index in [2.05, 4.69) is 20.1 Å². The highest BCUT2D eigenvalue weighted by atomic mass is 32.2. The zero-order valence-corrected chi connectivity index (χ0v) is 17.7. The molecule has 0 bridgehead atoms. The lowest BCUT2D eigenvalue weighted by atomic mass is 10.1. The van der Waals surface area contributed by atoms with Gasteiger partial charge in [0.25, 0.3) is 15.7 Å². The SMILES string of the molecule is CCc1nc2n(n1)CC(Nc1ccc(S(=O)(=O)Nc3ccccc3)cc1[N+](=O)[O-])CC2. The maximum atomic E-state index is 12.7. The fourth-order valence-electron chi connectivity index (χ4n) is 3.52. The van der Waals surface area contributed by atoms with Crippen molar-refractivity contribution in [2.75, 3.05) is 10.0 Å². The lowest BCUT2D eigenvalue weighted by Crippen LogP contribution is -2.32. The number of anilines is 2. The summed E-state index contributed by atoms with van der Waals surface area (Å²) in [5, 5.41) is 19.3. The van der Waals surface area contributed by atoms with Crippen molar-refractivity contribution < 1.29 is 13.3 Å². The average molecular weight is 443 g/mol. The molecule has 0 radical (unpaired) electrons. The molecule has 2 aromatic carbocycles. The van der Waals surface area contributed by atoms with Crippen LogP contribution in [0.4, 0.5) is 17.1 Å². The Hall–Kier alpha value is -3.47. The molecule has 1 atom stereocenters. The smallest absolute Gasteiger partial charge is 0.293 e. The lowest BCUT2D eigenvalue weighted by Gasteiger charge is -2.24. The molecule has 0 amide bonds. The predicted molar refractivity (Wildman–Crippen MR) is 115 cm³/mol. The number of aryl methyl sites for hydroxylation is 2. The Bertz CT molecular complexity index is 1210. The van der Waals surface area contributed by atoms with Crippen LogP contribution in [0, 0.1) is 10.1 Å². The molecule has 2 N–H and O–H groups in total. The van der Waals surface area contributed by atoms with Crippen LogP contribution in [0.3, 0.4) is 0 Å². The summed E-state index contributed by atoms with van der Waals surface area (Å²) in [5.74, 6) is 1.69. The van der Waals surface area contributed by atoms with Crippen molar-refractivity contribution in [1.82, 2.24) is 14.8 Å². The summed E-state index contributed by atoms with van der Waals surface area (Å²) in [6.07, 6.45) is 2.21. The number of nitrogens with one attached hydrogen (secondary N) is 2. The molecule has 1 aliphatic rings. The zero-order chi connectivity index (χ0) is 22.0. The molecule has 10 nitrogen and oxygen atoms in total. The van der Waals surface area contributed by atoms with Crippen molar-refractivity contribution in [3.63, 3.8) is 0 Å². The summed E-state index contributed by atoms with van der Waals surface area (Å²) >= 11 is 0. The minimum atomic E-state index is -3.96. The van der Waals surface area contributed by atoms with Gasteiger partial charge in [0, 0.05) is 30.6 Å². The molecule has 3 aromatic rings. The summed E-state index contributed by atoms with van der Waals surface area (Å²) in [7, 11) is -3.96. The summed E-state index contributed by atoms with van der Waals surface area (Å²) in [5.41, 5.74) is 0.354. The number of nitrogens with zero attached hydrogens (tertiary/aromatic N) is 4. The molecule has 2 heterocycles. The van der Waals surface area contributed by atoms with E-state index in [1.165, 1.54) is 12.1 Å². The standard InChI is InChI=1S/C20H22N6O4S/c1-2-19-22-20-11-8-15(13-25(20)23-19)21-17-10-9-16(12-18(17)26(27)28)31(29,30)24-14-6-4-3-5-7-14/h3-7,9-10,12,15,21,24H,2,8,11,13H2,1H3. The number of para-hydroxylation sites is 1. The maximum absolute atomic E-state index is 12.7. The maximum Gasteiger partial charge on any atom is 0.293 e. The molecule has 162 valence electrons. The number of rotatable bonds is 7. The van der Waals surface area contributed by atoms with E-state index in [9.17, 15) is 18.5 Å². The molecule has 0 saturated heterocycles. The first-order valence-electron chi connectivity index (χ1n) is 9.91. The van der Waals surface area contributed by atoms with E-state index in [1.54, 1.807) is 30.3 Å². The fraction of sp³-hybridized carbons (Fsp3) is 0.300. The molecule has 0 saturated carbocycles. The van der Waals surface area contributed by atoms with Crippen molar-refractivity contribution >= 4 is 27.1 Å². The molecular weight excluding hydrogens is 420 g/mol. The van der Waals surface area contributed by atoms with Gasteiger partial charge in [0.15, 0.2) is 5.82 Å². The van der Waals surface area contributed by atoms with Gasteiger partial charge in [-0.25, -0.2) is 18.1 Å². The molecule has 0 spiro atoms. The van der Waals surface area contributed by atoms with Crippen molar-refractivity contribution in [3.05, 3.63) is 70.3 Å². The number of benzene rings is 2. The molecule has 1 aromatic heterocycles.